The zero-order valence-electron chi connectivity index (χ0n) is 55.9. The van der Waals surface area contributed by atoms with Gasteiger partial charge in [-0.2, -0.15) is 0 Å². The van der Waals surface area contributed by atoms with Crippen LogP contribution in [0.4, 0.5) is 0 Å². The molecule has 0 saturated carbocycles. The molecule has 2 heterocycles. The number of hydrogen-bond acceptors (Lipinski definition) is 13. The quantitative estimate of drug-likeness (QED) is 0.0259. The van der Waals surface area contributed by atoms with Crippen LogP contribution in [-0.4, -0.2) is 140 Å². The molecule has 0 spiro atoms. The average Bonchev–Trinajstić information content (AvgIpc) is 2.54. The van der Waals surface area contributed by atoms with Gasteiger partial charge < -0.3 is 65.1 Å². The van der Waals surface area contributed by atoms with E-state index in [0.717, 1.165) is 51.4 Å². The van der Waals surface area contributed by atoms with Crippen LogP contribution in [0.15, 0.2) is 0 Å². The molecular weight excluding hydrogens is 1090 g/mol. The molecule has 0 aliphatic carbocycles. The highest BCUT2D eigenvalue weighted by molar-refractivity contribution is 5.76. The highest BCUT2D eigenvalue weighted by atomic mass is 16.7. The minimum Gasteiger partial charge on any atom is -0.394 e. The Hall–Kier alpha value is -1.01. The number of carbonyl (C=O) groups excluding carboxylic acids is 1. The predicted molar refractivity (Wildman–Crippen MR) is 351 cm³/mol. The van der Waals surface area contributed by atoms with Gasteiger partial charge in [0.05, 0.1) is 32.0 Å². The molecule has 2 saturated heterocycles. The van der Waals surface area contributed by atoms with Gasteiger partial charge in [-0.1, -0.05) is 341 Å². The van der Waals surface area contributed by atoms with Crippen LogP contribution < -0.4 is 5.32 Å². The first-order valence-electron chi connectivity index (χ1n) is 37.3. The normalized spacial score (nSPS) is 23.3. The molecule has 0 bridgehead atoms. The topological polar surface area (TPSA) is 228 Å². The molecule has 14 nitrogen and oxygen atoms in total. The van der Waals surface area contributed by atoms with E-state index in [1.807, 2.05) is 0 Å². The summed E-state index contributed by atoms with van der Waals surface area (Å²) in [5, 5.41) is 87.7. The molecule has 512 valence electrons. The van der Waals surface area contributed by atoms with Gasteiger partial charge in [0.25, 0.3) is 0 Å². The maximum atomic E-state index is 13.4. The molecule has 2 aliphatic heterocycles. The van der Waals surface area contributed by atoms with Crippen molar-refractivity contribution in [3.05, 3.63) is 0 Å². The van der Waals surface area contributed by atoms with Crippen molar-refractivity contribution in [1.29, 1.82) is 0 Å². The number of aliphatic hydroxyl groups is 8. The van der Waals surface area contributed by atoms with E-state index in [1.165, 1.54) is 283 Å². The second-order valence-corrected chi connectivity index (χ2v) is 26.8. The Labute approximate surface area is 527 Å². The Kier molecular flexibility index (Phi) is 54.5. The maximum Gasteiger partial charge on any atom is 0.220 e. The SMILES string of the molecule is CCCCCCCCCCCCCCCCCCCCCCCCCCCCCCCCCCC(=O)NC(COC1OC(CO)C(OC2OC(CO)C(O)C(O)C2O)C(O)C1O)C(O)CCCCCCCCCCCCCCCCCCCCCC. The lowest BCUT2D eigenvalue weighted by Gasteiger charge is -2.46. The third-order valence-corrected chi connectivity index (χ3v) is 18.8. The summed E-state index contributed by atoms with van der Waals surface area (Å²) in [6, 6.07) is -0.824. The van der Waals surface area contributed by atoms with Gasteiger partial charge in [-0.05, 0) is 12.8 Å². The summed E-state index contributed by atoms with van der Waals surface area (Å²) in [7, 11) is 0. The van der Waals surface area contributed by atoms with Crippen molar-refractivity contribution in [3.8, 4) is 0 Å². The van der Waals surface area contributed by atoms with Crippen molar-refractivity contribution in [3.63, 3.8) is 0 Å². The number of amides is 1. The molecule has 1 amide bonds. The number of hydrogen-bond donors (Lipinski definition) is 9. The molecule has 9 N–H and O–H groups in total. The second-order valence-electron chi connectivity index (χ2n) is 26.8. The molecule has 2 fully saturated rings. The highest BCUT2D eigenvalue weighted by Gasteiger charge is 2.51. The van der Waals surface area contributed by atoms with Gasteiger partial charge in [0.2, 0.25) is 5.91 Å². The van der Waals surface area contributed by atoms with Crippen LogP contribution in [0, 0.1) is 0 Å². The van der Waals surface area contributed by atoms with E-state index >= 15 is 0 Å². The third-order valence-electron chi connectivity index (χ3n) is 18.8. The molecular formula is C72H141NO13. The first kappa shape index (κ1) is 81.1. The Morgan fingerprint density at radius 1 is 0.372 bits per heavy atom. The monoisotopic (exact) mass is 1230 g/mol. The van der Waals surface area contributed by atoms with Crippen LogP contribution >= 0.6 is 0 Å². The van der Waals surface area contributed by atoms with Gasteiger partial charge in [0, 0.05) is 6.42 Å². The Bertz CT molecular complexity index is 1450. The van der Waals surface area contributed by atoms with E-state index in [0.29, 0.717) is 12.8 Å². The fourth-order valence-corrected chi connectivity index (χ4v) is 12.9. The zero-order chi connectivity index (χ0) is 62.3. The molecule has 0 aromatic heterocycles. The van der Waals surface area contributed by atoms with E-state index in [1.54, 1.807) is 0 Å². The molecule has 12 atom stereocenters. The van der Waals surface area contributed by atoms with Crippen LogP contribution in [0.1, 0.15) is 361 Å². The lowest BCUT2D eigenvalue weighted by atomic mass is 9.97. The average molecular weight is 1230 g/mol. The summed E-state index contributed by atoms with van der Waals surface area (Å²) in [6.45, 7) is 2.93. The molecule has 14 heteroatoms. The van der Waals surface area contributed by atoms with Crippen LogP contribution in [-0.2, 0) is 23.7 Å². The van der Waals surface area contributed by atoms with E-state index in [9.17, 15) is 45.6 Å². The highest BCUT2D eigenvalue weighted by Crippen LogP contribution is 2.30. The lowest BCUT2D eigenvalue weighted by molar-refractivity contribution is -0.359. The second kappa shape index (κ2) is 57.9. The number of unbranched alkanes of at least 4 members (excludes halogenated alkanes) is 50. The maximum absolute atomic E-state index is 13.4. The van der Waals surface area contributed by atoms with E-state index < -0.39 is 86.8 Å². The summed E-state index contributed by atoms with van der Waals surface area (Å²) in [5.41, 5.74) is 0. The molecule has 0 radical (unpaired) electrons. The first-order valence-corrected chi connectivity index (χ1v) is 37.3. The minimum atomic E-state index is -1.78. The van der Waals surface area contributed by atoms with Crippen LogP contribution in [0.2, 0.25) is 0 Å². The Balaban J connectivity index is 1.61. The van der Waals surface area contributed by atoms with Gasteiger partial charge in [0.1, 0.15) is 48.8 Å². The van der Waals surface area contributed by atoms with Gasteiger partial charge in [-0.25, -0.2) is 0 Å². The largest absolute Gasteiger partial charge is 0.394 e. The van der Waals surface area contributed by atoms with Crippen molar-refractivity contribution in [2.24, 2.45) is 0 Å². The summed E-state index contributed by atoms with van der Waals surface area (Å²) in [5.74, 6) is -0.196. The number of rotatable bonds is 63. The number of carbonyl (C=O) groups is 1. The van der Waals surface area contributed by atoms with Gasteiger partial charge in [0.15, 0.2) is 12.6 Å². The third kappa shape index (κ3) is 41.5. The summed E-state index contributed by atoms with van der Waals surface area (Å²) in [4.78, 5) is 13.4. The molecule has 0 aromatic carbocycles. The molecule has 86 heavy (non-hydrogen) atoms. The van der Waals surface area contributed by atoms with Crippen molar-refractivity contribution in [2.75, 3.05) is 19.8 Å². The van der Waals surface area contributed by atoms with Gasteiger partial charge in [-0.15, -0.1) is 0 Å². The lowest BCUT2D eigenvalue weighted by Crippen LogP contribution is -2.65. The fraction of sp³-hybridized carbons (Fsp3) is 0.986. The predicted octanol–water partition coefficient (Wildman–Crippen LogP) is 15.6. The number of ether oxygens (including phenoxy) is 4. The van der Waals surface area contributed by atoms with Crippen molar-refractivity contribution in [2.45, 2.75) is 434 Å². The zero-order valence-corrected chi connectivity index (χ0v) is 55.9. The van der Waals surface area contributed by atoms with Crippen molar-refractivity contribution >= 4 is 5.91 Å². The van der Waals surface area contributed by atoms with E-state index in [4.69, 9.17) is 18.9 Å². The Morgan fingerprint density at radius 2 is 0.663 bits per heavy atom. The summed E-state index contributed by atoms with van der Waals surface area (Å²) < 4.78 is 22.9. The molecule has 2 aliphatic rings. The van der Waals surface area contributed by atoms with Crippen molar-refractivity contribution in [1.82, 2.24) is 5.32 Å². The number of nitrogens with one attached hydrogen (secondary N) is 1. The Morgan fingerprint density at radius 3 is 0.988 bits per heavy atom. The molecule has 0 aromatic rings. The molecule has 2 rings (SSSR count). The van der Waals surface area contributed by atoms with Crippen LogP contribution in [0.5, 0.6) is 0 Å². The van der Waals surface area contributed by atoms with Crippen molar-refractivity contribution < 1.29 is 64.6 Å². The molecule has 12 unspecified atom stereocenters. The standard InChI is InChI=1S/C72H141NO13/c1-3-5-7-9-11-13-15-17-19-21-23-25-26-27-28-29-30-31-32-33-34-35-36-38-40-42-44-46-48-50-52-54-56-64(77)73-60(61(76)55-53-51-49-47-45-43-41-39-37-24-22-20-18-16-14-12-10-8-6-4-2)59-83-71-69(82)67(80)70(63(58-75)85-71)86-72-68(81)66(79)65(78)62(57-74)84-72/h60-63,65-72,74-76,78-82H,3-59H2,1-2H3,(H,73,77). The summed E-state index contributed by atoms with van der Waals surface area (Å²) >= 11 is 0. The van der Waals surface area contributed by atoms with Crippen LogP contribution in [0.3, 0.4) is 0 Å². The smallest absolute Gasteiger partial charge is 0.220 e. The van der Waals surface area contributed by atoms with E-state index in [2.05, 4.69) is 19.2 Å². The fourth-order valence-electron chi connectivity index (χ4n) is 12.9. The number of aliphatic hydroxyl groups excluding tert-OH is 8. The van der Waals surface area contributed by atoms with E-state index in [-0.39, 0.29) is 12.5 Å². The van der Waals surface area contributed by atoms with Gasteiger partial charge in [-0.3, -0.25) is 4.79 Å². The summed E-state index contributed by atoms with van der Waals surface area (Å²) in [6.07, 6.45) is 52.8. The minimum absolute atomic E-state index is 0.196. The first-order chi connectivity index (χ1) is 42.1. The van der Waals surface area contributed by atoms with Crippen LogP contribution in [0.25, 0.3) is 0 Å². The van der Waals surface area contributed by atoms with Gasteiger partial charge >= 0.3 is 0 Å².